The van der Waals surface area contributed by atoms with Crippen LogP contribution in [-0.2, 0) is 11.2 Å². The fraction of sp³-hybridized carbons (Fsp3) is 0.429. The molecule has 0 radical (unpaired) electrons. The second-order valence-corrected chi connectivity index (χ2v) is 4.92. The predicted octanol–water partition coefficient (Wildman–Crippen LogP) is 2.35. The van der Waals surface area contributed by atoms with E-state index in [9.17, 15) is 9.59 Å². The zero-order valence-electron chi connectivity index (χ0n) is 11.4. The number of amides is 2. The van der Waals surface area contributed by atoms with Crippen LogP contribution in [0.2, 0.25) is 5.02 Å². The first-order chi connectivity index (χ1) is 9.49. The van der Waals surface area contributed by atoms with Crippen molar-refractivity contribution in [3.8, 4) is 0 Å². The summed E-state index contributed by atoms with van der Waals surface area (Å²) < 4.78 is 0. The van der Waals surface area contributed by atoms with Crippen LogP contribution in [0.15, 0.2) is 18.2 Å². The average Bonchev–Trinajstić information content (AvgIpc) is 2.39. The summed E-state index contributed by atoms with van der Waals surface area (Å²) >= 11 is 5.94. The Labute approximate surface area is 123 Å². The van der Waals surface area contributed by atoms with Crippen molar-refractivity contribution >= 4 is 23.6 Å². The summed E-state index contributed by atoms with van der Waals surface area (Å²) in [5.74, 6) is -0.856. The maximum atomic E-state index is 11.4. The Hall–Kier alpha value is -1.75. The van der Waals surface area contributed by atoms with Gasteiger partial charge in [0.15, 0.2) is 0 Å². The van der Waals surface area contributed by atoms with Gasteiger partial charge in [-0.3, -0.25) is 4.79 Å². The molecule has 0 aliphatic rings. The number of urea groups is 1. The van der Waals surface area contributed by atoms with Gasteiger partial charge in [0, 0.05) is 24.5 Å². The van der Waals surface area contributed by atoms with Gasteiger partial charge in [0.25, 0.3) is 0 Å². The van der Waals surface area contributed by atoms with Crippen molar-refractivity contribution in [1.29, 1.82) is 0 Å². The van der Waals surface area contributed by atoms with Crippen LogP contribution in [0.4, 0.5) is 4.79 Å². The number of hydrogen-bond donors (Lipinski definition) is 3. The van der Waals surface area contributed by atoms with Gasteiger partial charge in [0.05, 0.1) is 0 Å². The topological polar surface area (TPSA) is 78.4 Å². The van der Waals surface area contributed by atoms with Gasteiger partial charge in [0.1, 0.15) is 0 Å². The van der Waals surface area contributed by atoms with E-state index in [0.29, 0.717) is 19.5 Å². The molecule has 5 nitrogen and oxygen atoms in total. The first kappa shape index (κ1) is 16.3. The van der Waals surface area contributed by atoms with Crippen molar-refractivity contribution in [2.24, 2.45) is 0 Å². The number of nitrogens with one attached hydrogen (secondary N) is 2. The third-order valence-corrected chi connectivity index (χ3v) is 3.20. The molecule has 0 spiro atoms. The minimum Gasteiger partial charge on any atom is -0.481 e. The number of halogens is 1. The normalized spacial score (nSPS) is 10.1. The van der Waals surface area contributed by atoms with E-state index >= 15 is 0 Å². The molecule has 0 aliphatic heterocycles. The first-order valence-electron chi connectivity index (χ1n) is 6.47. The Kier molecular flexibility index (Phi) is 6.87. The van der Waals surface area contributed by atoms with Gasteiger partial charge in [0.2, 0.25) is 0 Å². The molecule has 0 fully saturated rings. The molecular weight excluding hydrogens is 280 g/mol. The second-order valence-electron chi connectivity index (χ2n) is 4.51. The molecule has 0 unspecified atom stereocenters. The number of carbonyl (C=O) groups is 2. The number of aliphatic carboxylic acids is 1. The number of hydrogen-bond acceptors (Lipinski definition) is 2. The van der Waals surface area contributed by atoms with E-state index in [1.807, 2.05) is 25.1 Å². The lowest BCUT2D eigenvalue weighted by Gasteiger charge is -2.08. The number of carboxylic acids is 1. The fourth-order valence-electron chi connectivity index (χ4n) is 1.69. The summed E-state index contributed by atoms with van der Waals surface area (Å²) in [5.41, 5.74) is 2.13. The maximum Gasteiger partial charge on any atom is 0.314 e. The van der Waals surface area contributed by atoms with Gasteiger partial charge in [-0.15, -0.1) is 0 Å². The van der Waals surface area contributed by atoms with Crippen molar-refractivity contribution in [2.75, 3.05) is 13.1 Å². The molecule has 1 aromatic rings. The smallest absolute Gasteiger partial charge is 0.314 e. The van der Waals surface area contributed by atoms with Gasteiger partial charge in [-0.05, 0) is 37.0 Å². The van der Waals surface area contributed by atoms with Crippen molar-refractivity contribution in [1.82, 2.24) is 10.6 Å². The van der Waals surface area contributed by atoms with Crippen LogP contribution in [-0.4, -0.2) is 30.2 Å². The molecule has 0 heterocycles. The molecule has 1 aromatic carbocycles. The molecule has 0 saturated heterocycles. The summed E-state index contributed by atoms with van der Waals surface area (Å²) in [5, 5.41) is 14.5. The highest BCUT2D eigenvalue weighted by molar-refractivity contribution is 6.31. The largest absolute Gasteiger partial charge is 0.481 e. The van der Waals surface area contributed by atoms with Crippen LogP contribution in [0.25, 0.3) is 0 Å². The molecular formula is C14H19ClN2O3. The summed E-state index contributed by atoms with van der Waals surface area (Å²) in [6, 6.07) is 5.50. The highest BCUT2D eigenvalue weighted by atomic mass is 35.5. The molecule has 110 valence electrons. The lowest BCUT2D eigenvalue weighted by Crippen LogP contribution is -2.37. The Balaban J connectivity index is 2.18. The summed E-state index contributed by atoms with van der Waals surface area (Å²) in [7, 11) is 0. The molecule has 20 heavy (non-hydrogen) atoms. The summed E-state index contributed by atoms with van der Waals surface area (Å²) in [6.45, 7) is 2.82. The maximum absolute atomic E-state index is 11.4. The second kappa shape index (κ2) is 8.43. The van der Waals surface area contributed by atoms with Crippen LogP contribution in [0.1, 0.15) is 24.0 Å². The molecule has 0 saturated carbocycles. The van der Waals surface area contributed by atoms with Crippen LogP contribution in [0.5, 0.6) is 0 Å². The van der Waals surface area contributed by atoms with E-state index in [2.05, 4.69) is 10.6 Å². The molecule has 2 amide bonds. The van der Waals surface area contributed by atoms with E-state index in [4.69, 9.17) is 16.7 Å². The van der Waals surface area contributed by atoms with Gasteiger partial charge < -0.3 is 15.7 Å². The number of rotatable bonds is 7. The van der Waals surface area contributed by atoms with E-state index < -0.39 is 5.97 Å². The highest BCUT2D eigenvalue weighted by Crippen LogP contribution is 2.16. The first-order valence-corrected chi connectivity index (χ1v) is 6.85. The van der Waals surface area contributed by atoms with Crippen LogP contribution < -0.4 is 10.6 Å². The molecule has 3 N–H and O–H groups in total. The molecule has 6 heteroatoms. The lowest BCUT2D eigenvalue weighted by molar-refractivity contribution is -0.137. The van der Waals surface area contributed by atoms with Crippen molar-refractivity contribution in [3.05, 3.63) is 34.3 Å². The molecule has 0 aromatic heterocycles. The molecule has 0 atom stereocenters. The van der Waals surface area contributed by atoms with Crippen LogP contribution >= 0.6 is 11.6 Å². The van der Waals surface area contributed by atoms with E-state index in [1.165, 1.54) is 0 Å². The summed E-state index contributed by atoms with van der Waals surface area (Å²) in [6.07, 6.45) is 1.21. The van der Waals surface area contributed by atoms with Crippen LogP contribution in [0, 0.1) is 6.92 Å². The fourth-order valence-corrected chi connectivity index (χ4v) is 1.80. The lowest BCUT2D eigenvalue weighted by atomic mass is 10.1. The highest BCUT2D eigenvalue weighted by Gasteiger charge is 2.02. The van der Waals surface area contributed by atoms with E-state index in [-0.39, 0.29) is 12.5 Å². The van der Waals surface area contributed by atoms with Crippen LogP contribution in [0.3, 0.4) is 0 Å². The van der Waals surface area contributed by atoms with Gasteiger partial charge in [-0.2, -0.15) is 0 Å². The molecule has 1 rings (SSSR count). The number of carboxylic acid groups (broad SMARTS) is 1. The van der Waals surface area contributed by atoms with Crippen molar-refractivity contribution in [2.45, 2.75) is 26.2 Å². The Bertz CT molecular complexity index is 477. The van der Waals surface area contributed by atoms with Gasteiger partial charge >= 0.3 is 12.0 Å². The van der Waals surface area contributed by atoms with Crippen molar-refractivity contribution < 1.29 is 14.7 Å². The minimum absolute atomic E-state index is 0.0599. The zero-order valence-corrected chi connectivity index (χ0v) is 12.2. The average molecular weight is 299 g/mol. The quantitative estimate of drug-likeness (QED) is 0.676. The van der Waals surface area contributed by atoms with Gasteiger partial charge in [-0.1, -0.05) is 23.7 Å². The SMILES string of the molecule is Cc1cc(CCNC(=O)NCCCC(=O)O)ccc1Cl. The minimum atomic E-state index is -0.856. The third kappa shape index (κ3) is 6.43. The number of benzene rings is 1. The van der Waals surface area contributed by atoms with Gasteiger partial charge in [-0.25, -0.2) is 4.79 Å². The standard InChI is InChI=1S/C14H19ClN2O3/c1-10-9-11(4-5-12(10)15)6-8-17-14(20)16-7-2-3-13(18)19/h4-5,9H,2-3,6-8H2,1H3,(H,18,19)(H2,16,17,20). The number of carbonyl (C=O) groups excluding carboxylic acids is 1. The molecule has 0 aliphatic carbocycles. The summed E-state index contributed by atoms with van der Waals surface area (Å²) in [4.78, 5) is 21.7. The number of aryl methyl sites for hydroxylation is 1. The Morgan fingerprint density at radius 3 is 2.60 bits per heavy atom. The van der Waals surface area contributed by atoms with E-state index in [0.717, 1.165) is 22.6 Å². The zero-order chi connectivity index (χ0) is 15.0. The van der Waals surface area contributed by atoms with E-state index in [1.54, 1.807) is 0 Å². The Morgan fingerprint density at radius 2 is 1.95 bits per heavy atom. The Morgan fingerprint density at radius 1 is 1.25 bits per heavy atom. The molecule has 0 bridgehead atoms. The third-order valence-electron chi connectivity index (χ3n) is 2.77. The monoisotopic (exact) mass is 298 g/mol. The van der Waals surface area contributed by atoms with Crippen molar-refractivity contribution in [3.63, 3.8) is 0 Å². The predicted molar refractivity (Wildman–Crippen MR) is 78.2 cm³/mol.